The van der Waals surface area contributed by atoms with Crippen LogP contribution in [0.1, 0.15) is 47.8 Å². The maximum absolute atomic E-state index is 13.0. The maximum atomic E-state index is 13.0. The Hall–Kier alpha value is -2.83. The second-order valence-corrected chi connectivity index (χ2v) is 6.87. The fraction of sp³-hybridized carbons (Fsp3) is 0.300. The number of urea groups is 1. The number of carbonyl (C=O) groups excluding carboxylic acids is 2. The Morgan fingerprint density at radius 2 is 1.67 bits per heavy atom. The highest BCUT2D eigenvalue weighted by Gasteiger charge is 2.32. The predicted octanol–water partition coefficient (Wildman–Crippen LogP) is 5.27. The number of carbonyl (C=O) groups is 2. The molecule has 0 aliphatic heterocycles. The molecule has 0 aliphatic rings. The Bertz CT molecular complexity index is 874. The van der Waals surface area contributed by atoms with Crippen LogP contribution >= 0.6 is 0 Å². The first-order chi connectivity index (χ1) is 12.4. The summed E-state index contributed by atoms with van der Waals surface area (Å²) in [6, 6.07) is 9.79. The number of hydrogen-bond donors (Lipinski definition) is 2. The highest BCUT2D eigenvalue weighted by atomic mass is 19.4. The summed E-state index contributed by atoms with van der Waals surface area (Å²) in [4.78, 5) is 23.8. The average molecular weight is 378 g/mol. The van der Waals surface area contributed by atoms with Crippen molar-refractivity contribution in [3.63, 3.8) is 0 Å². The summed E-state index contributed by atoms with van der Waals surface area (Å²) in [6.45, 7) is 6.28. The van der Waals surface area contributed by atoms with Crippen LogP contribution in [-0.4, -0.2) is 11.8 Å². The molecule has 2 rings (SSSR count). The zero-order valence-corrected chi connectivity index (χ0v) is 15.5. The van der Waals surface area contributed by atoms with Crippen molar-refractivity contribution in [3.8, 4) is 0 Å². The second-order valence-electron chi connectivity index (χ2n) is 6.87. The summed E-state index contributed by atoms with van der Waals surface area (Å²) < 4.78 is 39.0. The highest BCUT2D eigenvalue weighted by molar-refractivity contribution is 5.94. The highest BCUT2D eigenvalue weighted by Crippen LogP contribution is 2.33. The standard InChI is InChI=1S/C20H21F3N2O2/c1-12-8-9-16(11-17(12)20(21,22)23)24-18(27)25-19(3,4)15-7-5-6-14(10-15)13(2)26/h5-11H,1-4H3,(H2,24,25,27). The van der Waals surface area contributed by atoms with Crippen LogP contribution in [0.3, 0.4) is 0 Å². The first-order valence-corrected chi connectivity index (χ1v) is 8.28. The van der Waals surface area contributed by atoms with Crippen LogP contribution in [0.4, 0.5) is 23.7 Å². The van der Waals surface area contributed by atoms with E-state index < -0.39 is 23.3 Å². The maximum Gasteiger partial charge on any atom is 0.416 e. The van der Waals surface area contributed by atoms with E-state index in [-0.39, 0.29) is 17.0 Å². The average Bonchev–Trinajstić information content (AvgIpc) is 2.55. The largest absolute Gasteiger partial charge is 0.416 e. The zero-order valence-electron chi connectivity index (χ0n) is 15.5. The van der Waals surface area contributed by atoms with Gasteiger partial charge in [-0.1, -0.05) is 24.3 Å². The molecule has 4 nitrogen and oxygen atoms in total. The van der Waals surface area contributed by atoms with Crippen molar-refractivity contribution in [2.45, 2.75) is 39.4 Å². The molecule has 0 spiro atoms. The van der Waals surface area contributed by atoms with Crippen LogP contribution in [0.5, 0.6) is 0 Å². The Morgan fingerprint density at radius 1 is 1.00 bits per heavy atom. The minimum Gasteiger partial charge on any atom is -0.329 e. The van der Waals surface area contributed by atoms with Gasteiger partial charge in [-0.05, 0) is 57.0 Å². The van der Waals surface area contributed by atoms with Crippen molar-refractivity contribution >= 4 is 17.5 Å². The lowest BCUT2D eigenvalue weighted by Crippen LogP contribution is -2.43. The third-order valence-corrected chi connectivity index (χ3v) is 4.22. The van der Waals surface area contributed by atoms with E-state index in [1.165, 1.54) is 26.0 Å². The van der Waals surface area contributed by atoms with Gasteiger partial charge in [0.15, 0.2) is 5.78 Å². The minimum absolute atomic E-state index is 0.0405. The number of ketones is 1. The van der Waals surface area contributed by atoms with Gasteiger partial charge in [-0.15, -0.1) is 0 Å². The van der Waals surface area contributed by atoms with E-state index in [0.29, 0.717) is 11.1 Å². The number of Topliss-reactive ketones (excluding diaryl/α,β-unsaturated/α-hetero) is 1. The van der Waals surface area contributed by atoms with Gasteiger partial charge in [0.2, 0.25) is 0 Å². The monoisotopic (exact) mass is 378 g/mol. The van der Waals surface area contributed by atoms with Crippen molar-refractivity contribution in [1.82, 2.24) is 5.32 Å². The Balaban J connectivity index is 2.17. The van der Waals surface area contributed by atoms with Gasteiger partial charge in [0, 0.05) is 11.3 Å². The lowest BCUT2D eigenvalue weighted by Gasteiger charge is -2.27. The van der Waals surface area contributed by atoms with Crippen LogP contribution < -0.4 is 10.6 Å². The van der Waals surface area contributed by atoms with E-state index in [2.05, 4.69) is 10.6 Å². The summed E-state index contributed by atoms with van der Waals surface area (Å²) in [5.74, 6) is -0.101. The number of alkyl halides is 3. The van der Waals surface area contributed by atoms with Gasteiger partial charge in [0.1, 0.15) is 0 Å². The van der Waals surface area contributed by atoms with Crippen molar-refractivity contribution in [2.24, 2.45) is 0 Å². The lowest BCUT2D eigenvalue weighted by atomic mass is 9.92. The van der Waals surface area contributed by atoms with Gasteiger partial charge in [-0.2, -0.15) is 13.2 Å². The van der Waals surface area contributed by atoms with Gasteiger partial charge in [-0.3, -0.25) is 4.79 Å². The molecule has 0 heterocycles. The SMILES string of the molecule is CC(=O)c1cccc(C(C)(C)NC(=O)Nc2ccc(C)c(C(F)(F)F)c2)c1. The third kappa shape index (κ3) is 5.09. The number of hydrogen-bond acceptors (Lipinski definition) is 2. The number of amides is 2. The van der Waals surface area contributed by atoms with E-state index >= 15 is 0 Å². The molecule has 0 saturated heterocycles. The number of halogens is 3. The van der Waals surface area contributed by atoms with E-state index in [1.807, 2.05) is 0 Å². The quantitative estimate of drug-likeness (QED) is 0.712. The minimum atomic E-state index is -4.50. The molecule has 0 bridgehead atoms. The second kappa shape index (κ2) is 7.42. The molecule has 0 radical (unpaired) electrons. The Kier molecular flexibility index (Phi) is 5.63. The molecule has 0 aromatic heterocycles. The van der Waals surface area contributed by atoms with Gasteiger partial charge >= 0.3 is 12.2 Å². The van der Waals surface area contributed by atoms with Gasteiger partial charge in [-0.25, -0.2) is 4.79 Å². The van der Waals surface area contributed by atoms with Crippen LogP contribution in [0.15, 0.2) is 42.5 Å². The van der Waals surface area contributed by atoms with Crippen LogP contribution in [-0.2, 0) is 11.7 Å². The van der Waals surface area contributed by atoms with Gasteiger partial charge in [0.05, 0.1) is 11.1 Å². The summed E-state index contributed by atoms with van der Waals surface area (Å²) in [5.41, 5.74) is -0.309. The van der Waals surface area contributed by atoms with E-state index in [4.69, 9.17) is 0 Å². The Labute approximate surface area is 155 Å². The molecule has 2 N–H and O–H groups in total. The number of benzene rings is 2. The summed E-state index contributed by atoms with van der Waals surface area (Å²) >= 11 is 0. The normalized spacial score (nSPS) is 11.8. The number of aryl methyl sites for hydroxylation is 1. The fourth-order valence-corrected chi connectivity index (χ4v) is 2.65. The summed E-state index contributed by atoms with van der Waals surface area (Å²) in [6.07, 6.45) is -4.50. The Morgan fingerprint density at radius 3 is 2.26 bits per heavy atom. The lowest BCUT2D eigenvalue weighted by molar-refractivity contribution is -0.138. The van der Waals surface area contributed by atoms with Crippen molar-refractivity contribution in [1.29, 1.82) is 0 Å². The van der Waals surface area contributed by atoms with Crippen molar-refractivity contribution in [2.75, 3.05) is 5.32 Å². The predicted molar refractivity (Wildman–Crippen MR) is 97.8 cm³/mol. The number of rotatable bonds is 4. The first kappa shape index (κ1) is 20.5. The molecule has 2 aromatic rings. The molecule has 2 aromatic carbocycles. The molecule has 0 saturated carbocycles. The van der Waals surface area contributed by atoms with Gasteiger partial charge < -0.3 is 10.6 Å². The zero-order chi connectivity index (χ0) is 20.4. The molecule has 27 heavy (non-hydrogen) atoms. The van der Waals surface area contributed by atoms with E-state index in [1.54, 1.807) is 38.1 Å². The number of anilines is 1. The van der Waals surface area contributed by atoms with Gasteiger partial charge in [0.25, 0.3) is 0 Å². The molecule has 0 atom stereocenters. The topological polar surface area (TPSA) is 58.2 Å². The molecule has 144 valence electrons. The molecule has 0 fully saturated rings. The molecular weight excluding hydrogens is 357 g/mol. The first-order valence-electron chi connectivity index (χ1n) is 8.28. The number of nitrogens with one attached hydrogen (secondary N) is 2. The van der Waals surface area contributed by atoms with Crippen LogP contribution in [0.2, 0.25) is 0 Å². The van der Waals surface area contributed by atoms with Crippen molar-refractivity contribution < 1.29 is 22.8 Å². The van der Waals surface area contributed by atoms with Crippen LogP contribution in [0.25, 0.3) is 0 Å². The molecule has 0 aliphatic carbocycles. The molecular formula is C20H21F3N2O2. The smallest absolute Gasteiger partial charge is 0.329 e. The molecule has 7 heteroatoms. The van der Waals surface area contributed by atoms with Crippen molar-refractivity contribution in [3.05, 3.63) is 64.7 Å². The molecule has 2 amide bonds. The van der Waals surface area contributed by atoms with Crippen LogP contribution in [0, 0.1) is 6.92 Å². The van der Waals surface area contributed by atoms with E-state index in [9.17, 15) is 22.8 Å². The third-order valence-electron chi connectivity index (χ3n) is 4.22. The molecule has 0 unspecified atom stereocenters. The summed E-state index contributed by atoms with van der Waals surface area (Å²) in [5, 5.41) is 5.15. The fourth-order valence-electron chi connectivity index (χ4n) is 2.65. The van der Waals surface area contributed by atoms with E-state index in [0.717, 1.165) is 6.07 Å². The summed E-state index contributed by atoms with van der Waals surface area (Å²) in [7, 11) is 0.